The van der Waals surface area contributed by atoms with Crippen LogP contribution in [0.4, 0.5) is 0 Å². The summed E-state index contributed by atoms with van der Waals surface area (Å²) in [5, 5.41) is 3.04. The van der Waals surface area contributed by atoms with E-state index in [4.69, 9.17) is 9.47 Å². The number of para-hydroxylation sites is 1. The average Bonchev–Trinajstić information content (AvgIpc) is 4.08. The summed E-state index contributed by atoms with van der Waals surface area (Å²) in [7, 11) is -3.93. The molecule has 0 spiro atoms. The lowest BCUT2D eigenvalue weighted by atomic mass is 9.77. The van der Waals surface area contributed by atoms with Gasteiger partial charge < -0.3 is 24.3 Å². The smallest absolute Gasteiger partial charge is 0.355 e. The van der Waals surface area contributed by atoms with Gasteiger partial charge in [-0.25, -0.2) is 13.2 Å². The fraction of sp³-hybridized carbons (Fsp3) is 0.533. The third-order valence-electron chi connectivity index (χ3n) is 12.4. The van der Waals surface area contributed by atoms with Crippen LogP contribution in [0.15, 0.2) is 67.3 Å². The van der Waals surface area contributed by atoms with Crippen molar-refractivity contribution in [1.82, 2.24) is 19.5 Å². The summed E-state index contributed by atoms with van der Waals surface area (Å²) < 4.78 is 41.7. The molecule has 3 amide bonds. The number of rotatable bonds is 7. The Kier molecular flexibility index (Phi) is 11.4. The van der Waals surface area contributed by atoms with E-state index >= 15 is 0 Å². The van der Waals surface area contributed by atoms with Crippen LogP contribution in [-0.2, 0) is 45.1 Å². The molecule has 4 aliphatic rings. The molecule has 3 heterocycles. The molecule has 2 aromatic carbocycles. The van der Waals surface area contributed by atoms with Gasteiger partial charge in [-0.1, -0.05) is 77.4 Å². The molecule has 0 radical (unpaired) electrons. The van der Waals surface area contributed by atoms with Gasteiger partial charge in [-0.2, -0.15) is 0 Å². The van der Waals surface area contributed by atoms with Gasteiger partial charge in [-0.3, -0.25) is 23.9 Å². The van der Waals surface area contributed by atoms with Crippen molar-refractivity contribution in [3.05, 3.63) is 78.5 Å². The van der Waals surface area contributed by atoms with Crippen LogP contribution in [-0.4, -0.2) is 83.6 Å². The first kappa shape index (κ1) is 42.2. The van der Waals surface area contributed by atoms with E-state index in [1.165, 1.54) is 11.0 Å². The lowest BCUT2D eigenvalue weighted by molar-refractivity contribution is -0.155. The van der Waals surface area contributed by atoms with E-state index in [0.29, 0.717) is 12.8 Å². The Morgan fingerprint density at radius 3 is 2.39 bits per heavy atom. The first-order valence-electron chi connectivity index (χ1n) is 20.7. The number of aromatic nitrogens is 1. The number of hydrogen-bond donors (Lipinski definition) is 2. The van der Waals surface area contributed by atoms with Crippen molar-refractivity contribution in [2.24, 2.45) is 22.7 Å². The van der Waals surface area contributed by atoms with E-state index in [0.717, 1.165) is 47.8 Å². The monoisotopic (exact) mass is 828 g/mol. The zero-order valence-electron chi connectivity index (χ0n) is 34.6. The maximum atomic E-state index is 14.8. The zero-order valence-corrected chi connectivity index (χ0v) is 35.4. The molecule has 1 aromatic heterocycles. The summed E-state index contributed by atoms with van der Waals surface area (Å²) in [4.78, 5) is 72.1. The fourth-order valence-corrected chi connectivity index (χ4v) is 9.94. The number of amides is 3. The summed E-state index contributed by atoms with van der Waals surface area (Å²) in [5.41, 5.74) is 0.286. The van der Waals surface area contributed by atoms with Gasteiger partial charge in [-0.15, -0.1) is 6.58 Å². The number of sulfonamides is 1. The van der Waals surface area contributed by atoms with Crippen molar-refractivity contribution in [2.75, 3.05) is 13.2 Å². The molecule has 4 bridgehead atoms. The number of cyclic esters (lactones) is 1. The second-order valence-electron chi connectivity index (χ2n) is 18.7. The SMILES string of the molecule is C=C[C@@H]1C[C@]1(NC(=O)[C@@H]1C[C@@H]2CN1C(=O)[C@H](C(C)(C)C)CC(=O)OCC(C)(C)CCCCc1cccc3c1cc(n3-c1ccccc1)C(=O)O2)C(=O)NS(=O)(=O)C1CC1. The number of ether oxygens (including phenoxy) is 2. The molecule has 2 aliphatic carbocycles. The van der Waals surface area contributed by atoms with E-state index in [1.54, 1.807) is 0 Å². The molecule has 3 aromatic rings. The fourth-order valence-electron chi connectivity index (χ4n) is 8.58. The number of nitrogens with zero attached hydrogens (tertiary/aromatic N) is 2. The molecule has 14 heteroatoms. The highest BCUT2D eigenvalue weighted by molar-refractivity contribution is 7.91. The molecule has 3 fully saturated rings. The number of benzene rings is 2. The third kappa shape index (κ3) is 8.83. The second-order valence-corrected chi connectivity index (χ2v) is 20.6. The molecule has 7 rings (SSSR count). The Bertz CT molecular complexity index is 2270. The standard InChI is InChI=1S/C45H56N4O9S/c1-7-29-25-45(29,42(54)47-59(55,56)32-19-20-32)46-39(51)36-22-31-26-48(36)40(52)34(43(2,3)4)24-38(50)57-27-44(5,6)21-12-11-14-28-15-13-18-35-33(28)23-37(41(53)58-31)49(35)30-16-9-8-10-17-30/h7-10,13,15-18,23,29,31-32,34,36H,1,11-12,14,19-22,24-27H2,2-6H3,(H,46,51)(H,47,54)/t29-,31-,34-,36+,45-/m1/s1. The molecular formula is C45H56N4O9S. The molecule has 2 saturated carbocycles. The second kappa shape index (κ2) is 15.9. The summed E-state index contributed by atoms with van der Waals surface area (Å²) in [6, 6.07) is 16.1. The average molecular weight is 829 g/mol. The normalized spacial score (nSPS) is 26.8. The summed E-state index contributed by atoms with van der Waals surface area (Å²) >= 11 is 0. The number of carbonyl (C=O) groups excluding carboxylic acids is 5. The Balaban J connectivity index is 1.25. The molecule has 1 saturated heterocycles. The number of esters is 2. The van der Waals surface area contributed by atoms with E-state index in [-0.39, 0.29) is 43.5 Å². The Labute approximate surface area is 346 Å². The van der Waals surface area contributed by atoms with Gasteiger partial charge in [0.05, 0.1) is 36.3 Å². The van der Waals surface area contributed by atoms with Gasteiger partial charge in [0.25, 0.3) is 5.91 Å². The lowest BCUT2D eigenvalue weighted by Gasteiger charge is -2.35. The number of carbonyl (C=O) groups is 5. The van der Waals surface area contributed by atoms with Gasteiger partial charge >= 0.3 is 11.9 Å². The van der Waals surface area contributed by atoms with Crippen LogP contribution in [0.2, 0.25) is 0 Å². The number of aryl methyl sites for hydroxylation is 1. The first-order chi connectivity index (χ1) is 27.8. The minimum absolute atomic E-state index is 0.105. The van der Waals surface area contributed by atoms with Gasteiger partial charge in [-0.05, 0) is 79.2 Å². The number of hydrogen-bond acceptors (Lipinski definition) is 9. The topological polar surface area (TPSA) is 170 Å². The first-order valence-corrected chi connectivity index (χ1v) is 22.2. The minimum Gasteiger partial charge on any atom is -0.465 e. The molecule has 0 unspecified atom stereocenters. The van der Waals surface area contributed by atoms with Crippen LogP contribution >= 0.6 is 0 Å². The number of fused-ring (bicyclic) bond motifs is 3. The minimum atomic E-state index is -3.93. The van der Waals surface area contributed by atoms with Crippen LogP contribution < -0.4 is 10.0 Å². The maximum absolute atomic E-state index is 14.8. The van der Waals surface area contributed by atoms with E-state index < -0.39 is 79.9 Å². The Hall–Kier alpha value is -4.98. The van der Waals surface area contributed by atoms with Crippen molar-refractivity contribution in [2.45, 2.75) is 115 Å². The van der Waals surface area contributed by atoms with E-state index in [2.05, 4.69) is 36.5 Å². The van der Waals surface area contributed by atoms with Crippen LogP contribution in [0.3, 0.4) is 0 Å². The Morgan fingerprint density at radius 2 is 1.73 bits per heavy atom. The van der Waals surface area contributed by atoms with Crippen molar-refractivity contribution in [3.8, 4) is 5.69 Å². The van der Waals surface area contributed by atoms with Crippen LogP contribution in [0, 0.1) is 22.7 Å². The molecule has 13 nitrogen and oxygen atoms in total. The van der Waals surface area contributed by atoms with Gasteiger partial charge in [0, 0.05) is 23.4 Å². The van der Waals surface area contributed by atoms with Crippen molar-refractivity contribution < 1.29 is 41.9 Å². The highest BCUT2D eigenvalue weighted by Gasteiger charge is 2.62. The molecule has 59 heavy (non-hydrogen) atoms. The molecule has 316 valence electrons. The molecule has 5 atom stereocenters. The van der Waals surface area contributed by atoms with Crippen LogP contribution in [0.1, 0.15) is 102 Å². The highest BCUT2D eigenvalue weighted by Crippen LogP contribution is 2.46. The van der Waals surface area contributed by atoms with Crippen LogP contribution in [0.25, 0.3) is 16.6 Å². The molecule has 2 N–H and O–H groups in total. The highest BCUT2D eigenvalue weighted by atomic mass is 32.2. The summed E-state index contributed by atoms with van der Waals surface area (Å²) in [6.07, 6.45) is 4.53. The quantitative estimate of drug-likeness (QED) is 0.222. The predicted molar refractivity (Wildman–Crippen MR) is 222 cm³/mol. The largest absolute Gasteiger partial charge is 0.465 e. The van der Waals surface area contributed by atoms with Crippen LogP contribution in [0.5, 0.6) is 0 Å². The van der Waals surface area contributed by atoms with Crippen molar-refractivity contribution in [1.29, 1.82) is 0 Å². The Morgan fingerprint density at radius 1 is 1.00 bits per heavy atom. The van der Waals surface area contributed by atoms with Gasteiger partial charge in [0.1, 0.15) is 23.4 Å². The van der Waals surface area contributed by atoms with Gasteiger partial charge in [0.15, 0.2) is 0 Å². The molecular weight excluding hydrogens is 773 g/mol. The van der Waals surface area contributed by atoms with E-state index in [1.807, 2.05) is 73.9 Å². The van der Waals surface area contributed by atoms with E-state index in [9.17, 15) is 32.4 Å². The molecule has 2 aliphatic heterocycles. The lowest BCUT2D eigenvalue weighted by Crippen LogP contribution is -2.57. The summed E-state index contributed by atoms with van der Waals surface area (Å²) in [6.45, 7) is 13.4. The number of nitrogens with one attached hydrogen (secondary N) is 2. The van der Waals surface area contributed by atoms with Crippen molar-refractivity contribution in [3.63, 3.8) is 0 Å². The third-order valence-corrected chi connectivity index (χ3v) is 14.2. The predicted octanol–water partition coefficient (Wildman–Crippen LogP) is 5.77. The maximum Gasteiger partial charge on any atom is 0.355 e. The summed E-state index contributed by atoms with van der Waals surface area (Å²) in [5.74, 6) is -4.73. The zero-order chi connectivity index (χ0) is 42.5. The van der Waals surface area contributed by atoms with Gasteiger partial charge in [0.2, 0.25) is 21.8 Å². The van der Waals surface area contributed by atoms with Crippen molar-refractivity contribution >= 4 is 50.6 Å².